The molecule has 0 fully saturated rings. The maximum Gasteiger partial charge on any atom is 0.246 e. The molecule has 0 aliphatic carbocycles. The Bertz CT molecular complexity index is 1320. The van der Waals surface area contributed by atoms with Crippen LogP contribution in [-0.2, 0) is 11.2 Å². The number of carbonyl (C=O) groups is 1. The zero-order chi connectivity index (χ0) is 21.0. The molecule has 3 heterocycles. The summed E-state index contributed by atoms with van der Waals surface area (Å²) in [5, 5.41) is 10.9. The Morgan fingerprint density at radius 2 is 1.84 bits per heavy atom. The molecule has 5 aromatic rings. The minimum atomic E-state index is -0.223. The molecule has 3 aromatic heterocycles. The third kappa shape index (κ3) is 4.15. The number of amides is 1. The predicted molar refractivity (Wildman–Crippen MR) is 122 cm³/mol. The van der Waals surface area contributed by atoms with Crippen molar-refractivity contribution in [1.82, 2.24) is 24.6 Å². The van der Waals surface area contributed by atoms with Crippen LogP contribution in [0.5, 0.6) is 0 Å². The molecule has 5 rings (SSSR count). The smallest absolute Gasteiger partial charge is 0.246 e. The molecule has 8 heteroatoms. The second-order valence-electron chi connectivity index (χ2n) is 6.87. The summed E-state index contributed by atoms with van der Waals surface area (Å²) >= 11 is 1.53. The van der Waals surface area contributed by atoms with Crippen molar-refractivity contribution in [3.63, 3.8) is 0 Å². The lowest BCUT2D eigenvalue weighted by molar-refractivity contribution is -0.120. The number of aromatic nitrogens is 4. The lowest BCUT2D eigenvalue weighted by Crippen LogP contribution is -2.19. The number of hydrogen-bond donors (Lipinski definition) is 1. The monoisotopic (exact) mass is 426 g/mol. The molecule has 0 radical (unpaired) electrons. The van der Waals surface area contributed by atoms with Crippen LogP contribution in [0.25, 0.3) is 21.9 Å². The van der Waals surface area contributed by atoms with E-state index in [1.165, 1.54) is 11.3 Å². The van der Waals surface area contributed by atoms with Crippen molar-refractivity contribution in [2.75, 3.05) is 0 Å². The highest BCUT2D eigenvalue weighted by atomic mass is 32.1. The number of nitrogens with zero attached hydrogens (tertiary/aromatic N) is 5. The SMILES string of the molecule is O=C(Cc1cn2ccsc2n1)NN=Cc1cn(-c2ccccc2)nc1-c1ccccc1. The van der Waals surface area contributed by atoms with Gasteiger partial charge in [0, 0.05) is 35.1 Å². The maximum absolute atomic E-state index is 12.3. The first-order valence-corrected chi connectivity index (χ1v) is 10.6. The van der Waals surface area contributed by atoms with Gasteiger partial charge in [-0.15, -0.1) is 11.3 Å². The third-order valence-electron chi connectivity index (χ3n) is 4.69. The molecule has 31 heavy (non-hydrogen) atoms. The number of benzene rings is 2. The summed E-state index contributed by atoms with van der Waals surface area (Å²) in [6.07, 6.45) is 7.46. The van der Waals surface area contributed by atoms with Gasteiger partial charge in [0.25, 0.3) is 0 Å². The molecule has 7 nitrogen and oxygen atoms in total. The summed E-state index contributed by atoms with van der Waals surface area (Å²) in [7, 11) is 0. The standard InChI is InChI=1S/C23H18N6OS/c30-21(13-19-16-28-11-12-31-23(28)25-19)26-24-14-18-15-29(20-9-5-2-6-10-20)27-22(18)17-7-3-1-4-8-17/h1-12,14-16H,13H2,(H,26,30). The summed E-state index contributed by atoms with van der Waals surface area (Å²) < 4.78 is 3.71. The second-order valence-corrected chi connectivity index (χ2v) is 7.75. The molecule has 1 N–H and O–H groups in total. The van der Waals surface area contributed by atoms with Crippen LogP contribution < -0.4 is 5.43 Å². The van der Waals surface area contributed by atoms with Gasteiger partial charge in [-0.2, -0.15) is 10.2 Å². The van der Waals surface area contributed by atoms with Gasteiger partial charge >= 0.3 is 0 Å². The molecule has 0 bridgehead atoms. The van der Waals surface area contributed by atoms with Gasteiger partial charge in [0.05, 0.1) is 24.0 Å². The summed E-state index contributed by atoms with van der Waals surface area (Å²) in [5.41, 5.74) is 6.82. The highest BCUT2D eigenvalue weighted by Gasteiger charge is 2.11. The molecule has 2 aromatic carbocycles. The number of nitrogens with one attached hydrogen (secondary N) is 1. The van der Waals surface area contributed by atoms with Gasteiger partial charge in [0.2, 0.25) is 5.91 Å². The highest BCUT2D eigenvalue weighted by molar-refractivity contribution is 7.15. The van der Waals surface area contributed by atoms with Crippen LogP contribution in [-0.4, -0.2) is 31.3 Å². The minimum Gasteiger partial charge on any atom is -0.297 e. The zero-order valence-corrected chi connectivity index (χ0v) is 17.2. The molecule has 0 saturated heterocycles. The van der Waals surface area contributed by atoms with Crippen LogP contribution in [0, 0.1) is 0 Å². The number of fused-ring (bicyclic) bond motifs is 1. The molecule has 0 atom stereocenters. The normalized spacial score (nSPS) is 11.4. The van der Waals surface area contributed by atoms with Crippen molar-refractivity contribution < 1.29 is 4.79 Å². The predicted octanol–water partition coefficient (Wildman–Crippen LogP) is 3.94. The van der Waals surface area contributed by atoms with Gasteiger partial charge in [0.15, 0.2) is 4.96 Å². The number of para-hydroxylation sites is 1. The summed E-state index contributed by atoms with van der Waals surface area (Å²) in [5.74, 6) is -0.223. The minimum absolute atomic E-state index is 0.167. The van der Waals surface area contributed by atoms with Crippen molar-refractivity contribution in [3.8, 4) is 16.9 Å². The number of hydrazone groups is 1. The molecule has 1 amide bonds. The number of rotatable bonds is 6. The van der Waals surface area contributed by atoms with E-state index >= 15 is 0 Å². The largest absolute Gasteiger partial charge is 0.297 e. The number of imidazole rings is 1. The third-order valence-corrected chi connectivity index (χ3v) is 5.46. The van der Waals surface area contributed by atoms with Crippen LogP contribution >= 0.6 is 11.3 Å². The molecular formula is C23H18N6OS. The average molecular weight is 427 g/mol. The fraction of sp³-hybridized carbons (Fsp3) is 0.0435. The van der Waals surface area contributed by atoms with Crippen molar-refractivity contribution >= 4 is 28.4 Å². The Kier molecular flexibility index (Phi) is 5.12. The Morgan fingerprint density at radius 3 is 2.61 bits per heavy atom. The van der Waals surface area contributed by atoms with Crippen molar-refractivity contribution in [2.24, 2.45) is 5.10 Å². The Morgan fingerprint density at radius 1 is 1.06 bits per heavy atom. The number of carbonyl (C=O) groups excluding carboxylic acids is 1. The quantitative estimate of drug-likeness (QED) is 0.330. The van der Waals surface area contributed by atoms with E-state index in [9.17, 15) is 4.79 Å². The Balaban J connectivity index is 1.35. The van der Waals surface area contributed by atoms with E-state index in [2.05, 4.69) is 15.5 Å². The molecule has 0 aliphatic heterocycles. The van der Waals surface area contributed by atoms with Crippen LogP contribution in [0.15, 0.2) is 89.7 Å². The summed E-state index contributed by atoms with van der Waals surface area (Å²) in [6.45, 7) is 0. The lowest BCUT2D eigenvalue weighted by atomic mass is 10.1. The first kappa shape index (κ1) is 19.0. The first-order chi connectivity index (χ1) is 15.3. The van der Waals surface area contributed by atoms with Crippen LogP contribution in [0.4, 0.5) is 0 Å². The van der Waals surface area contributed by atoms with Gasteiger partial charge in [0.1, 0.15) is 5.69 Å². The van der Waals surface area contributed by atoms with Gasteiger partial charge in [-0.1, -0.05) is 48.5 Å². The Hall–Kier alpha value is -4.04. The van der Waals surface area contributed by atoms with Gasteiger partial charge in [-0.3, -0.25) is 9.20 Å². The van der Waals surface area contributed by atoms with Gasteiger partial charge < -0.3 is 0 Å². The molecule has 0 unspecified atom stereocenters. The second kappa shape index (κ2) is 8.37. The zero-order valence-electron chi connectivity index (χ0n) is 16.4. The van der Waals surface area contributed by atoms with Crippen LogP contribution in [0.2, 0.25) is 0 Å². The van der Waals surface area contributed by atoms with Crippen molar-refractivity contribution in [3.05, 3.63) is 95.9 Å². The molecular weight excluding hydrogens is 408 g/mol. The van der Waals surface area contributed by atoms with E-state index in [1.54, 1.807) is 6.21 Å². The van der Waals surface area contributed by atoms with E-state index < -0.39 is 0 Å². The van der Waals surface area contributed by atoms with Gasteiger partial charge in [-0.25, -0.2) is 15.1 Å². The summed E-state index contributed by atoms with van der Waals surface area (Å²) in [4.78, 5) is 17.6. The summed E-state index contributed by atoms with van der Waals surface area (Å²) in [6, 6.07) is 19.8. The topological polar surface area (TPSA) is 76.6 Å². The first-order valence-electron chi connectivity index (χ1n) is 9.70. The lowest BCUT2D eigenvalue weighted by Gasteiger charge is -2.00. The van der Waals surface area contributed by atoms with Gasteiger partial charge in [-0.05, 0) is 12.1 Å². The van der Waals surface area contributed by atoms with E-state index in [1.807, 2.05) is 93.7 Å². The Labute approximate surface area is 182 Å². The molecule has 0 aliphatic rings. The number of thiazole rings is 1. The number of hydrogen-bond acceptors (Lipinski definition) is 5. The van der Waals surface area contributed by atoms with E-state index in [0.29, 0.717) is 5.69 Å². The molecule has 152 valence electrons. The van der Waals surface area contributed by atoms with Crippen LogP contribution in [0.1, 0.15) is 11.3 Å². The van der Waals surface area contributed by atoms with Crippen molar-refractivity contribution in [2.45, 2.75) is 6.42 Å². The van der Waals surface area contributed by atoms with Crippen molar-refractivity contribution in [1.29, 1.82) is 0 Å². The van der Waals surface area contributed by atoms with E-state index in [-0.39, 0.29) is 12.3 Å². The van der Waals surface area contributed by atoms with E-state index in [4.69, 9.17) is 5.10 Å². The molecule has 0 saturated carbocycles. The van der Waals surface area contributed by atoms with E-state index in [0.717, 1.165) is 27.5 Å². The average Bonchev–Trinajstić information content (AvgIpc) is 3.50. The molecule has 0 spiro atoms. The fourth-order valence-corrected chi connectivity index (χ4v) is 3.97. The van der Waals surface area contributed by atoms with Crippen LogP contribution in [0.3, 0.4) is 0 Å². The highest BCUT2D eigenvalue weighted by Crippen LogP contribution is 2.22. The fourth-order valence-electron chi connectivity index (χ4n) is 3.25. The maximum atomic E-state index is 12.3.